The van der Waals surface area contributed by atoms with Crippen molar-refractivity contribution in [2.45, 2.75) is 108 Å². The molecule has 2 rings (SSSR count). The summed E-state index contributed by atoms with van der Waals surface area (Å²) >= 11 is 1.00. The Kier molecular flexibility index (Phi) is 12.8. The van der Waals surface area contributed by atoms with Gasteiger partial charge in [0.2, 0.25) is 6.29 Å². The molecular formula is C25H36O14S. The fraction of sp³-hybridized carbons (Fsp3) is 0.760. The van der Waals surface area contributed by atoms with Crippen LogP contribution in [0, 0.1) is 0 Å². The number of hydrogen-bond donors (Lipinski definition) is 0. The first-order valence-electron chi connectivity index (χ1n) is 12.6. The lowest BCUT2D eigenvalue weighted by Crippen LogP contribution is -2.62. The highest BCUT2D eigenvalue weighted by Gasteiger charge is 2.54. The van der Waals surface area contributed by atoms with Crippen LogP contribution in [0.3, 0.4) is 0 Å². The predicted molar refractivity (Wildman–Crippen MR) is 134 cm³/mol. The third-order valence-electron chi connectivity index (χ3n) is 5.48. The van der Waals surface area contributed by atoms with Crippen LogP contribution in [0.4, 0.5) is 0 Å². The van der Waals surface area contributed by atoms with E-state index >= 15 is 0 Å². The van der Waals surface area contributed by atoms with Gasteiger partial charge in [-0.05, 0) is 13.8 Å². The van der Waals surface area contributed by atoms with Crippen molar-refractivity contribution in [2.75, 3.05) is 13.2 Å². The second kappa shape index (κ2) is 15.3. The van der Waals surface area contributed by atoms with Crippen molar-refractivity contribution in [3.63, 3.8) is 0 Å². The summed E-state index contributed by atoms with van der Waals surface area (Å²) in [5.41, 5.74) is -1.13. The minimum atomic E-state index is -1.36. The molecule has 40 heavy (non-hydrogen) atoms. The SMILES string of the molecule is CC(=O)OC[C@H]1O[C@@H](S[C@@H]2CC(=O)[C@@H](OC(C)C)O[C@@H]2COC(C)=O)[C@H](OC(C)=O)[C@@H](OC(C)=O)[C@H]1OC(C)=O. The zero-order valence-electron chi connectivity index (χ0n) is 23.4. The van der Waals surface area contributed by atoms with Gasteiger partial charge in [-0.1, -0.05) is 0 Å². The number of rotatable bonds is 11. The highest BCUT2D eigenvalue weighted by molar-refractivity contribution is 8.00. The van der Waals surface area contributed by atoms with E-state index in [1.54, 1.807) is 13.8 Å². The van der Waals surface area contributed by atoms with Crippen LogP contribution in [0.25, 0.3) is 0 Å². The molecule has 0 radical (unpaired) electrons. The lowest BCUT2D eigenvalue weighted by Gasteiger charge is -2.45. The van der Waals surface area contributed by atoms with Crippen molar-refractivity contribution < 1.29 is 66.7 Å². The Morgan fingerprint density at radius 1 is 0.750 bits per heavy atom. The van der Waals surface area contributed by atoms with Crippen molar-refractivity contribution in [3.8, 4) is 0 Å². The van der Waals surface area contributed by atoms with Gasteiger partial charge in [0.05, 0.1) is 6.10 Å². The number of ketones is 1. The summed E-state index contributed by atoms with van der Waals surface area (Å²) in [5, 5.41) is -0.709. The molecule has 2 saturated heterocycles. The molecular weight excluding hydrogens is 556 g/mol. The minimum absolute atomic E-state index is 0.0964. The molecule has 2 fully saturated rings. The molecule has 2 aliphatic heterocycles. The van der Waals surface area contributed by atoms with Crippen LogP contribution in [0.15, 0.2) is 0 Å². The monoisotopic (exact) mass is 592 g/mol. The number of hydrogen-bond acceptors (Lipinski definition) is 15. The van der Waals surface area contributed by atoms with E-state index in [1.807, 2.05) is 0 Å². The highest BCUT2D eigenvalue weighted by Crippen LogP contribution is 2.40. The van der Waals surface area contributed by atoms with Crippen LogP contribution in [-0.4, -0.2) is 102 Å². The normalized spacial score (nSPS) is 30.2. The van der Waals surface area contributed by atoms with Gasteiger partial charge in [-0.25, -0.2) is 0 Å². The zero-order chi connectivity index (χ0) is 30.1. The van der Waals surface area contributed by atoms with E-state index in [4.69, 9.17) is 37.9 Å². The average molecular weight is 593 g/mol. The second-order valence-electron chi connectivity index (χ2n) is 9.41. The van der Waals surface area contributed by atoms with Crippen LogP contribution in [0.1, 0.15) is 54.9 Å². The van der Waals surface area contributed by atoms with Crippen LogP contribution in [-0.2, 0) is 66.7 Å². The number of Topliss-reactive ketones (excluding diaryl/α,β-unsaturated/α-hetero) is 1. The molecule has 8 atom stereocenters. The Morgan fingerprint density at radius 2 is 1.25 bits per heavy atom. The third-order valence-corrected chi connectivity index (χ3v) is 6.95. The summed E-state index contributed by atoms with van der Waals surface area (Å²) in [6.07, 6.45) is -7.60. The molecule has 0 aromatic heterocycles. The standard InChI is InChI=1S/C25H36O14S/c1-11(2)34-24-17(31)8-20(18(38-24)9-32-12(3)26)40-25-23(37-16(7)30)22(36-15(6)29)21(35-14(5)28)19(39-25)10-33-13(4)27/h11,18-25H,8-10H2,1-7H3/t18-,19-,20-,21+,22+,23-,24+,25+/m1/s1. The van der Waals surface area contributed by atoms with Gasteiger partial charge in [0.15, 0.2) is 24.1 Å². The summed E-state index contributed by atoms with van der Waals surface area (Å²) in [4.78, 5) is 72.0. The predicted octanol–water partition coefficient (Wildman–Crippen LogP) is 0.844. The molecule has 2 aliphatic rings. The first-order chi connectivity index (χ1) is 18.7. The van der Waals surface area contributed by atoms with Gasteiger partial charge in [-0.3, -0.25) is 28.8 Å². The molecule has 2 heterocycles. The first-order valence-corrected chi connectivity index (χ1v) is 13.5. The van der Waals surface area contributed by atoms with Gasteiger partial charge in [0, 0.05) is 46.3 Å². The molecule has 0 aliphatic carbocycles. The van der Waals surface area contributed by atoms with Gasteiger partial charge >= 0.3 is 29.8 Å². The fourth-order valence-corrected chi connectivity index (χ4v) is 5.55. The minimum Gasteiger partial charge on any atom is -0.463 e. The van der Waals surface area contributed by atoms with E-state index in [0.717, 1.165) is 32.5 Å². The van der Waals surface area contributed by atoms with Gasteiger partial charge < -0.3 is 37.9 Å². The molecule has 15 heteroatoms. The van der Waals surface area contributed by atoms with Crippen LogP contribution >= 0.6 is 11.8 Å². The number of carbonyl (C=O) groups excluding carboxylic acids is 6. The van der Waals surface area contributed by atoms with Crippen molar-refractivity contribution in [1.29, 1.82) is 0 Å². The second-order valence-corrected chi connectivity index (χ2v) is 10.7. The molecule has 0 aromatic rings. The Hall–Kier alpha value is -2.75. The number of carbonyl (C=O) groups is 6. The lowest BCUT2D eigenvalue weighted by atomic mass is 9.99. The highest BCUT2D eigenvalue weighted by atomic mass is 32.2. The maximum absolute atomic E-state index is 12.9. The van der Waals surface area contributed by atoms with Crippen molar-refractivity contribution in [2.24, 2.45) is 0 Å². The van der Waals surface area contributed by atoms with E-state index in [0.29, 0.717) is 0 Å². The molecule has 0 bridgehead atoms. The Morgan fingerprint density at radius 3 is 1.75 bits per heavy atom. The Balaban J connectivity index is 2.45. The molecule has 226 valence electrons. The van der Waals surface area contributed by atoms with Crippen LogP contribution in [0.2, 0.25) is 0 Å². The molecule has 0 saturated carbocycles. The van der Waals surface area contributed by atoms with E-state index < -0.39 is 83.9 Å². The van der Waals surface area contributed by atoms with Gasteiger partial charge in [-0.15, -0.1) is 11.8 Å². The van der Waals surface area contributed by atoms with E-state index in [1.165, 1.54) is 13.8 Å². The Labute approximate surface area is 235 Å². The first kappa shape index (κ1) is 33.5. The number of thioether (sulfide) groups is 1. The average Bonchev–Trinajstić information content (AvgIpc) is 2.81. The summed E-state index contributed by atoms with van der Waals surface area (Å²) < 4.78 is 44.1. The zero-order valence-corrected chi connectivity index (χ0v) is 24.3. The topological polar surface area (TPSA) is 176 Å². The van der Waals surface area contributed by atoms with Gasteiger partial charge in [0.25, 0.3) is 0 Å². The van der Waals surface area contributed by atoms with E-state index in [2.05, 4.69) is 0 Å². The van der Waals surface area contributed by atoms with Crippen LogP contribution in [0.5, 0.6) is 0 Å². The lowest BCUT2D eigenvalue weighted by molar-refractivity contribution is -0.238. The molecule has 14 nitrogen and oxygen atoms in total. The quantitative estimate of drug-likeness (QED) is 0.243. The number of esters is 5. The Bertz CT molecular complexity index is 952. The summed E-state index contributed by atoms with van der Waals surface area (Å²) in [7, 11) is 0. The maximum Gasteiger partial charge on any atom is 0.303 e. The van der Waals surface area contributed by atoms with E-state index in [9.17, 15) is 28.8 Å². The van der Waals surface area contributed by atoms with Crippen LogP contribution < -0.4 is 0 Å². The smallest absolute Gasteiger partial charge is 0.303 e. The van der Waals surface area contributed by atoms with Gasteiger partial charge in [-0.2, -0.15) is 0 Å². The largest absolute Gasteiger partial charge is 0.463 e. The van der Waals surface area contributed by atoms with Gasteiger partial charge in [0.1, 0.15) is 30.9 Å². The fourth-order valence-electron chi connectivity index (χ4n) is 4.06. The molecule has 0 N–H and O–H groups in total. The maximum atomic E-state index is 12.9. The van der Waals surface area contributed by atoms with Crippen molar-refractivity contribution >= 4 is 47.4 Å². The van der Waals surface area contributed by atoms with E-state index in [-0.39, 0.29) is 24.9 Å². The number of ether oxygens (including phenoxy) is 8. The molecule has 0 unspecified atom stereocenters. The summed E-state index contributed by atoms with van der Waals surface area (Å²) in [5.74, 6) is -3.88. The summed E-state index contributed by atoms with van der Waals surface area (Å²) in [6, 6.07) is 0. The van der Waals surface area contributed by atoms with Crippen molar-refractivity contribution in [1.82, 2.24) is 0 Å². The molecule has 0 amide bonds. The summed E-state index contributed by atoms with van der Waals surface area (Å²) in [6.45, 7) is 8.61. The molecule has 0 spiro atoms. The third kappa shape index (κ3) is 10.3. The van der Waals surface area contributed by atoms with Crippen molar-refractivity contribution in [3.05, 3.63) is 0 Å². The molecule has 0 aromatic carbocycles.